The van der Waals surface area contributed by atoms with E-state index in [0.29, 0.717) is 27.5 Å². The molecule has 0 bridgehead atoms. The average molecular weight is 434 g/mol. The summed E-state index contributed by atoms with van der Waals surface area (Å²) in [5.41, 5.74) is 3.37. The molecule has 0 radical (unpaired) electrons. The van der Waals surface area contributed by atoms with Gasteiger partial charge in [-0.2, -0.15) is 13.2 Å². The monoisotopic (exact) mass is 434 g/mol. The third-order valence-electron chi connectivity index (χ3n) is 5.32. The van der Waals surface area contributed by atoms with Crippen LogP contribution in [0, 0.1) is 12.7 Å². The van der Waals surface area contributed by atoms with Crippen molar-refractivity contribution in [2.75, 3.05) is 6.54 Å². The van der Waals surface area contributed by atoms with Gasteiger partial charge >= 0.3 is 6.18 Å². The molecule has 3 aromatic rings. The SMILES string of the molecule is CC1=C(c2ccc(P)cc2F)N(CC(F)(F)F)Cc2ccc3[nH]c(=O)cc(C)c3c21. The lowest BCUT2D eigenvalue weighted by atomic mass is 9.87. The van der Waals surface area contributed by atoms with Gasteiger partial charge in [-0.3, -0.25) is 4.79 Å². The summed E-state index contributed by atoms with van der Waals surface area (Å²) in [5.74, 6) is -0.585. The standard InChI is InChI=1S/C22H19F4N2OP/c1-11-7-18(29)27-17-6-3-13-9-28(10-22(24,25)26)21(12(2)20(13)19(11)17)15-5-4-14(30)8-16(15)23/h3-8H,9-10,30H2,1-2H3,(H,27,29). The highest BCUT2D eigenvalue weighted by Crippen LogP contribution is 2.42. The smallest absolute Gasteiger partial charge is 0.357 e. The van der Waals surface area contributed by atoms with Crippen molar-refractivity contribution in [1.29, 1.82) is 0 Å². The fourth-order valence-corrected chi connectivity index (χ4v) is 4.49. The van der Waals surface area contributed by atoms with Gasteiger partial charge in [0.05, 0.1) is 5.70 Å². The van der Waals surface area contributed by atoms with Crippen molar-refractivity contribution in [1.82, 2.24) is 9.88 Å². The zero-order chi connectivity index (χ0) is 21.8. The maximum atomic E-state index is 14.8. The Morgan fingerprint density at radius 1 is 1.13 bits per heavy atom. The van der Waals surface area contributed by atoms with Gasteiger partial charge in [-0.1, -0.05) is 12.1 Å². The molecule has 0 aliphatic carbocycles. The predicted molar refractivity (Wildman–Crippen MR) is 114 cm³/mol. The lowest BCUT2D eigenvalue weighted by Crippen LogP contribution is -2.35. The molecule has 2 heterocycles. The highest BCUT2D eigenvalue weighted by Gasteiger charge is 2.36. The highest BCUT2D eigenvalue weighted by molar-refractivity contribution is 7.27. The summed E-state index contributed by atoms with van der Waals surface area (Å²) in [7, 11) is 2.38. The average Bonchev–Trinajstić information content (AvgIpc) is 2.61. The van der Waals surface area contributed by atoms with Crippen LogP contribution in [0.25, 0.3) is 22.2 Å². The number of fused-ring (bicyclic) bond motifs is 3. The number of rotatable bonds is 2. The number of hydrogen-bond acceptors (Lipinski definition) is 2. The summed E-state index contributed by atoms with van der Waals surface area (Å²) >= 11 is 0. The van der Waals surface area contributed by atoms with E-state index in [-0.39, 0.29) is 23.4 Å². The Labute approximate surface area is 172 Å². The van der Waals surface area contributed by atoms with Crippen molar-refractivity contribution >= 4 is 36.7 Å². The van der Waals surface area contributed by atoms with Crippen LogP contribution in [-0.4, -0.2) is 22.6 Å². The number of benzene rings is 2. The van der Waals surface area contributed by atoms with Crippen LogP contribution in [0.15, 0.2) is 41.2 Å². The van der Waals surface area contributed by atoms with Gasteiger partial charge in [0.25, 0.3) is 0 Å². The molecule has 1 atom stereocenters. The van der Waals surface area contributed by atoms with Crippen LogP contribution >= 0.6 is 9.24 Å². The molecule has 1 aliphatic rings. The van der Waals surface area contributed by atoms with Crippen molar-refractivity contribution in [2.45, 2.75) is 26.6 Å². The first-order valence-electron chi connectivity index (χ1n) is 9.29. The summed E-state index contributed by atoms with van der Waals surface area (Å²) < 4.78 is 54.9. The van der Waals surface area contributed by atoms with Gasteiger partial charge in [-0.15, -0.1) is 9.24 Å². The highest BCUT2D eigenvalue weighted by atomic mass is 31.0. The van der Waals surface area contributed by atoms with Crippen molar-refractivity contribution in [3.8, 4) is 0 Å². The molecule has 1 unspecified atom stereocenters. The number of aromatic nitrogens is 1. The van der Waals surface area contributed by atoms with E-state index in [2.05, 4.69) is 14.2 Å². The molecule has 4 rings (SSSR count). The maximum absolute atomic E-state index is 14.8. The molecule has 2 aromatic carbocycles. The molecule has 8 heteroatoms. The van der Waals surface area contributed by atoms with Crippen molar-refractivity contribution in [3.05, 3.63) is 74.8 Å². The summed E-state index contributed by atoms with van der Waals surface area (Å²) in [6, 6.07) is 9.32. The molecule has 3 nitrogen and oxygen atoms in total. The molecular formula is C22H19F4N2OP. The fourth-order valence-electron chi connectivity index (χ4n) is 4.24. The summed E-state index contributed by atoms with van der Waals surface area (Å²) in [4.78, 5) is 15.8. The molecule has 1 aromatic heterocycles. The minimum absolute atomic E-state index is 0.0158. The second kappa shape index (κ2) is 7.24. The number of hydrogen-bond donors (Lipinski definition) is 1. The number of allylic oxidation sites excluding steroid dienone is 1. The van der Waals surface area contributed by atoms with Crippen LogP contribution < -0.4 is 10.9 Å². The fraction of sp³-hybridized carbons (Fsp3) is 0.227. The van der Waals surface area contributed by atoms with Crippen LogP contribution in [0.2, 0.25) is 0 Å². The van der Waals surface area contributed by atoms with Crippen LogP contribution in [0.1, 0.15) is 29.2 Å². The van der Waals surface area contributed by atoms with Crippen molar-refractivity contribution < 1.29 is 17.6 Å². The Kier molecular flexibility index (Phi) is 4.97. The van der Waals surface area contributed by atoms with E-state index in [9.17, 15) is 22.4 Å². The second-order valence-electron chi connectivity index (χ2n) is 7.52. The normalized spacial score (nSPS) is 14.4. The van der Waals surface area contributed by atoms with E-state index in [1.165, 1.54) is 23.1 Å². The Hall–Kier alpha value is -2.66. The molecule has 156 valence electrons. The number of halogens is 4. The Bertz CT molecular complexity index is 1260. The van der Waals surface area contributed by atoms with Gasteiger partial charge in [0.15, 0.2) is 0 Å². The van der Waals surface area contributed by atoms with Crippen molar-refractivity contribution in [2.24, 2.45) is 0 Å². The number of alkyl halides is 3. The van der Waals surface area contributed by atoms with E-state index in [1.54, 1.807) is 32.0 Å². The zero-order valence-corrected chi connectivity index (χ0v) is 17.5. The molecule has 0 spiro atoms. The first-order valence-corrected chi connectivity index (χ1v) is 9.87. The third kappa shape index (κ3) is 3.63. The van der Waals surface area contributed by atoms with Gasteiger partial charge in [-0.05, 0) is 59.6 Å². The number of nitrogens with zero attached hydrogens (tertiary/aromatic N) is 1. The largest absolute Gasteiger partial charge is 0.405 e. The first-order chi connectivity index (χ1) is 14.0. The van der Waals surface area contributed by atoms with Gasteiger partial charge in [0.2, 0.25) is 5.56 Å². The first kappa shape index (κ1) is 20.6. The minimum Gasteiger partial charge on any atom is -0.357 e. The quantitative estimate of drug-likeness (QED) is 0.467. The molecule has 0 amide bonds. The van der Waals surface area contributed by atoms with E-state index in [1.807, 2.05) is 0 Å². The van der Waals surface area contributed by atoms with Crippen LogP contribution in [0.3, 0.4) is 0 Å². The van der Waals surface area contributed by atoms with Gasteiger partial charge in [0, 0.05) is 29.1 Å². The molecule has 0 saturated heterocycles. The van der Waals surface area contributed by atoms with E-state index < -0.39 is 18.5 Å². The van der Waals surface area contributed by atoms with Crippen LogP contribution in [0.5, 0.6) is 0 Å². The molecule has 0 fully saturated rings. The Balaban J connectivity index is 2.05. The maximum Gasteiger partial charge on any atom is 0.405 e. The third-order valence-corrected chi connectivity index (χ3v) is 5.68. The van der Waals surface area contributed by atoms with Gasteiger partial charge in [-0.25, -0.2) is 4.39 Å². The number of nitrogens with one attached hydrogen (secondary N) is 1. The Morgan fingerprint density at radius 2 is 1.87 bits per heavy atom. The van der Waals surface area contributed by atoms with Gasteiger partial charge < -0.3 is 9.88 Å². The number of aromatic amines is 1. The molecule has 1 aliphatic heterocycles. The van der Waals surface area contributed by atoms with Crippen LogP contribution in [0.4, 0.5) is 17.6 Å². The molecular weight excluding hydrogens is 415 g/mol. The van der Waals surface area contributed by atoms with Crippen molar-refractivity contribution in [3.63, 3.8) is 0 Å². The van der Waals surface area contributed by atoms with E-state index in [4.69, 9.17) is 0 Å². The molecule has 0 saturated carbocycles. The van der Waals surface area contributed by atoms with Crippen LogP contribution in [-0.2, 0) is 6.54 Å². The molecule has 1 N–H and O–H groups in total. The summed E-state index contributed by atoms with van der Waals surface area (Å²) in [5, 5.41) is 1.36. The lowest BCUT2D eigenvalue weighted by Gasteiger charge is -2.36. The molecule has 30 heavy (non-hydrogen) atoms. The minimum atomic E-state index is -4.45. The van der Waals surface area contributed by atoms with E-state index in [0.717, 1.165) is 10.9 Å². The number of aryl methyl sites for hydroxylation is 1. The predicted octanol–water partition coefficient (Wildman–Crippen LogP) is 4.74. The topological polar surface area (TPSA) is 36.1 Å². The summed E-state index contributed by atoms with van der Waals surface area (Å²) in [6.45, 7) is 2.28. The number of pyridine rings is 1. The number of H-pyrrole nitrogens is 1. The second-order valence-corrected chi connectivity index (χ2v) is 8.19. The Morgan fingerprint density at radius 3 is 2.53 bits per heavy atom. The van der Waals surface area contributed by atoms with E-state index >= 15 is 0 Å². The van der Waals surface area contributed by atoms with Gasteiger partial charge in [0.1, 0.15) is 12.4 Å². The summed E-state index contributed by atoms with van der Waals surface area (Å²) in [6.07, 6.45) is -4.45. The lowest BCUT2D eigenvalue weighted by molar-refractivity contribution is -0.140. The zero-order valence-electron chi connectivity index (χ0n) is 16.3.